The lowest BCUT2D eigenvalue weighted by Gasteiger charge is -2.16. The van der Waals surface area contributed by atoms with Gasteiger partial charge >= 0.3 is 0 Å². The van der Waals surface area contributed by atoms with E-state index >= 15 is 0 Å². The first-order valence-corrected chi connectivity index (χ1v) is 6.12. The highest BCUT2D eigenvalue weighted by Gasteiger charge is 2.41. The summed E-state index contributed by atoms with van der Waals surface area (Å²) < 4.78 is 18.6. The Kier molecular flexibility index (Phi) is 3.96. The van der Waals surface area contributed by atoms with Gasteiger partial charge in [0, 0.05) is 27.3 Å². The predicted molar refractivity (Wildman–Crippen MR) is 68.2 cm³/mol. The standard InChI is InChI=1S/C12H19FN4O/c1-14-11-15-7-9(13)10(17-11)16-8-12(3-4-12)5-6-18-2/h7H,3-6,8H2,1-2H3,(H2,14,15,16,17). The van der Waals surface area contributed by atoms with Gasteiger partial charge in [0.1, 0.15) is 0 Å². The lowest BCUT2D eigenvalue weighted by atomic mass is 10.0. The van der Waals surface area contributed by atoms with Crippen LogP contribution in [-0.2, 0) is 4.74 Å². The average molecular weight is 254 g/mol. The van der Waals surface area contributed by atoms with E-state index in [0.29, 0.717) is 5.95 Å². The monoisotopic (exact) mass is 254 g/mol. The summed E-state index contributed by atoms with van der Waals surface area (Å²) in [5.74, 6) is 0.259. The van der Waals surface area contributed by atoms with Crippen LogP contribution in [0.3, 0.4) is 0 Å². The Labute approximate surface area is 106 Å². The zero-order valence-corrected chi connectivity index (χ0v) is 10.8. The van der Waals surface area contributed by atoms with Gasteiger partial charge in [-0.1, -0.05) is 0 Å². The van der Waals surface area contributed by atoms with Crippen molar-refractivity contribution in [3.63, 3.8) is 0 Å². The summed E-state index contributed by atoms with van der Waals surface area (Å²) in [6.45, 7) is 1.48. The number of methoxy groups -OCH3 is 1. The van der Waals surface area contributed by atoms with Gasteiger partial charge in [0.25, 0.3) is 0 Å². The second kappa shape index (κ2) is 5.48. The zero-order valence-electron chi connectivity index (χ0n) is 10.8. The Morgan fingerprint density at radius 1 is 1.50 bits per heavy atom. The van der Waals surface area contributed by atoms with Crippen molar-refractivity contribution in [3.05, 3.63) is 12.0 Å². The van der Waals surface area contributed by atoms with Gasteiger partial charge in [0.2, 0.25) is 5.95 Å². The van der Waals surface area contributed by atoms with Crippen LogP contribution in [0.2, 0.25) is 0 Å². The summed E-state index contributed by atoms with van der Waals surface area (Å²) in [5.41, 5.74) is 0.257. The largest absolute Gasteiger partial charge is 0.385 e. The minimum absolute atomic E-state index is 0.257. The van der Waals surface area contributed by atoms with Gasteiger partial charge in [-0.2, -0.15) is 4.98 Å². The van der Waals surface area contributed by atoms with Gasteiger partial charge < -0.3 is 15.4 Å². The first-order valence-electron chi connectivity index (χ1n) is 6.12. The van der Waals surface area contributed by atoms with Gasteiger partial charge in [-0.05, 0) is 24.7 Å². The third-order valence-electron chi connectivity index (χ3n) is 3.39. The summed E-state index contributed by atoms with van der Waals surface area (Å²) in [6, 6.07) is 0. The first-order chi connectivity index (χ1) is 8.69. The number of nitrogens with one attached hydrogen (secondary N) is 2. The lowest BCUT2D eigenvalue weighted by molar-refractivity contribution is 0.175. The molecule has 1 heterocycles. The van der Waals surface area contributed by atoms with Gasteiger partial charge in [-0.15, -0.1) is 0 Å². The Hall–Kier alpha value is -1.43. The van der Waals surface area contributed by atoms with Crippen LogP contribution < -0.4 is 10.6 Å². The van der Waals surface area contributed by atoms with Crippen molar-refractivity contribution in [2.75, 3.05) is 37.9 Å². The molecular formula is C12H19FN4O. The van der Waals surface area contributed by atoms with E-state index in [-0.39, 0.29) is 11.2 Å². The molecule has 0 saturated heterocycles. The minimum Gasteiger partial charge on any atom is -0.385 e. The fourth-order valence-electron chi connectivity index (χ4n) is 1.89. The SMILES string of the molecule is CNc1ncc(F)c(NCC2(CCOC)CC2)n1. The van der Waals surface area contributed by atoms with Crippen molar-refractivity contribution in [2.45, 2.75) is 19.3 Å². The summed E-state index contributed by atoms with van der Waals surface area (Å²) in [6.07, 6.45) is 4.50. The number of halogens is 1. The van der Waals surface area contributed by atoms with Crippen LogP contribution in [0, 0.1) is 11.2 Å². The van der Waals surface area contributed by atoms with E-state index in [1.807, 2.05) is 0 Å². The Morgan fingerprint density at radius 2 is 2.28 bits per heavy atom. The molecule has 1 fully saturated rings. The van der Waals surface area contributed by atoms with Crippen LogP contribution in [0.5, 0.6) is 0 Å². The Bertz CT molecular complexity index is 409. The number of anilines is 2. The molecule has 6 heteroatoms. The van der Waals surface area contributed by atoms with E-state index in [1.165, 1.54) is 6.20 Å². The summed E-state index contributed by atoms with van der Waals surface area (Å²) in [4.78, 5) is 7.87. The van der Waals surface area contributed by atoms with Gasteiger partial charge in [-0.3, -0.25) is 0 Å². The Balaban J connectivity index is 1.93. The molecule has 2 N–H and O–H groups in total. The molecule has 2 rings (SSSR count). The highest BCUT2D eigenvalue weighted by Crippen LogP contribution is 2.48. The van der Waals surface area contributed by atoms with E-state index in [9.17, 15) is 4.39 Å². The maximum absolute atomic E-state index is 13.5. The molecule has 1 aliphatic rings. The third-order valence-corrected chi connectivity index (χ3v) is 3.39. The maximum Gasteiger partial charge on any atom is 0.224 e. The quantitative estimate of drug-likeness (QED) is 0.778. The molecule has 0 bridgehead atoms. The van der Waals surface area contributed by atoms with Crippen LogP contribution in [0.4, 0.5) is 16.2 Å². The van der Waals surface area contributed by atoms with Crippen LogP contribution in [0.25, 0.3) is 0 Å². The summed E-state index contributed by atoms with van der Waals surface area (Å²) in [7, 11) is 3.41. The summed E-state index contributed by atoms with van der Waals surface area (Å²) >= 11 is 0. The van der Waals surface area contributed by atoms with E-state index in [4.69, 9.17) is 4.74 Å². The normalized spacial score (nSPS) is 16.4. The fraction of sp³-hybridized carbons (Fsp3) is 0.667. The molecule has 0 aliphatic heterocycles. The molecule has 1 saturated carbocycles. The number of ether oxygens (including phenoxy) is 1. The number of hydrogen-bond acceptors (Lipinski definition) is 5. The van der Waals surface area contributed by atoms with Crippen LogP contribution >= 0.6 is 0 Å². The molecule has 0 atom stereocenters. The molecule has 100 valence electrons. The van der Waals surface area contributed by atoms with E-state index in [1.54, 1.807) is 14.2 Å². The minimum atomic E-state index is -0.420. The van der Waals surface area contributed by atoms with Gasteiger partial charge in [0.05, 0.1) is 6.20 Å². The second-order valence-corrected chi connectivity index (χ2v) is 4.74. The molecule has 5 nitrogen and oxygen atoms in total. The number of aromatic nitrogens is 2. The van der Waals surface area contributed by atoms with Crippen molar-refractivity contribution in [1.82, 2.24) is 9.97 Å². The van der Waals surface area contributed by atoms with Crippen LogP contribution in [0.1, 0.15) is 19.3 Å². The van der Waals surface area contributed by atoms with Crippen molar-refractivity contribution < 1.29 is 9.13 Å². The smallest absolute Gasteiger partial charge is 0.224 e. The molecule has 1 aromatic heterocycles. The molecule has 0 amide bonds. The highest BCUT2D eigenvalue weighted by atomic mass is 19.1. The molecule has 0 radical (unpaired) electrons. The van der Waals surface area contributed by atoms with Gasteiger partial charge in [0.15, 0.2) is 11.6 Å². The molecule has 0 unspecified atom stereocenters. The molecular weight excluding hydrogens is 235 g/mol. The van der Waals surface area contributed by atoms with Crippen LogP contribution in [-0.4, -0.2) is 37.3 Å². The fourth-order valence-corrected chi connectivity index (χ4v) is 1.89. The van der Waals surface area contributed by atoms with E-state index in [2.05, 4.69) is 20.6 Å². The van der Waals surface area contributed by atoms with Crippen LogP contribution in [0.15, 0.2) is 6.20 Å². The zero-order chi connectivity index (χ0) is 13.0. The number of rotatable bonds is 7. The Morgan fingerprint density at radius 3 is 2.89 bits per heavy atom. The molecule has 0 spiro atoms. The van der Waals surface area contributed by atoms with Crippen molar-refractivity contribution in [2.24, 2.45) is 5.41 Å². The molecule has 0 aromatic carbocycles. The molecule has 1 aromatic rings. The van der Waals surface area contributed by atoms with Gasteiger partial charge in [-0.25, -0.2) is 9.37 Å². The average Bonchev–Trinajstić information content (AvgIpc) is 3.16. The third kappa shape index (κ3) is 3.07. The van der Waals surface area contributed by atoms with E-state index in [0.717, 1.165) is 32.4 Å². The number of hydrogen-bond donors (Lipinski definition) is 2. The molecule has 1 aliphatic carbocycles. The summed E-state index contributed by atoms with van der Waals surface area (Å²) in [5, 5.41) is 5.87. The lowest BCUT2D eigenvalue weighted by Crippen LogP contribution is -2.19. The topological polar surface area (TPSA) is 59.1 Å². The maximum atomic E-state index is 13.5. The molecule has 18 heavy (non-hydrogen) atoms. The van der Waals surface area contributed by atoms with E-state index < -0.39 is 5.82 Å². The first kappa shape index (κ1) is 13.0. The highest BCUT2D eigenvalue weighted by molar-refractivity contribution is 5.41. The van der Waals surface area contributed by atoms with Crippen molar-refractivity contribution in [3.8, 4) is 0 Å². The van der Waals surface area contributed by atoms with Crippen molar-refractivity contribution >= 4 is 11.8 Å². The number of nitrogens with zero attached hydrogens (tertiary/aromatic N) is 2. The van der Waals surface area contributed by atoms with Crippen molar-refractivity contribution in [1.29, 1.82) is 0 Å². The second-order valence-electron chi connectivity index (χ2n) is 4.74. The predicted octanol–water partition coefficient (Wildman–Crippen LogP) is 1.89.